The van der Waals surface area contributed by atoms with Crippen molar-refractivity contribution in [2.24, 2.45) is 0 Å². The van der Waals surface area contributed by atoms with Crippen molar-refractivity contribution in [2.45, 2.75) is 18.9 Å². The zero-order valence-electron chi connectivity index (χ0n) is 14.8. The van der Waals surface area contributed by atoms with Gasteiger partial charge in [-0.15, -0.1) is 0 Å². The van der Waals surface area contributed by atoms with E-state index in [-0.39, 0.29) is 24.2 Å². The average Bonchev–Trinajstić information content (AvgIpc) is 3.12. The molecule has 0 radical (unpaired) electrons. The summed E-state index contributed by atoms with van der Waals surface area (Å²) in [6.45, 7) is 2.27. The molecule has 1 saturated heterocycles. The fourth-order valence-corrected chi connectivity index (χ4v) is 3.97. The number of ether oxygens (including phenoxy) is 2. The van der Waals surface area contributed by atoms with Crippen LogP contribution in [-0.4, -0.2) is 32.2 Å². The Kier molecular flexibility index (Phi) is 5.18. The highest BCUT2D eigenvalue weighted by molar-refractivity contribution is 6.30. The monoisotopic (exact) mass is 391 g/mol. The Hall–Kier alpha value is -2.31. The number of likely N-dealkylation sites (tertiary alicyclic amines) is 1. The first-order valence-electron chi connectivity index (χ1n) is 9.09. The summed E-state index contributed by atoms with van der Waals surface area (Å²) < 4.78 is 25.1. The van der Waals surface area contributed by atoms with E-state index in [1.54, 1.807) is 0 Å². The van der Waals surface area contributed by atoms with E-state index >= 15 is 0 Å². The second-order valence-corrected chi connectivity index (χ2v) is 7.29. The SMILES string of the molecule is O=C(C[NH+]1CCC[C@@H]1c1ccc2c(c1)OCCO2)Nc1cc(Cl)ccc1F. The van der Waals surface area contributed by atoms with E-state index in [0.717, 1.165) is 41.3 Å². The zero-order valence-corrected chi connectivity index (χ0v) is 15.5. The van der Waals surface area contributed by atoms with Crippen LogP contribution in [0.5, 0.6) is 11.5 Å². The topological polar surface area (TPSA) is 52.0 Å². The van der Waals surface area contributed by atoms with Gasteiger partial charge in [0.1, 0.15) is 25.1 Å². The summed E-state index contributed by atoms with van der Waals surface area (Å²) in [7, 11) is 0. The summed E-state index contributed by atoms with van der Waals surface area (Å²) in [6.07, 6.45) is 2.03. The van der Waals surface area contributed by atoms with Crippen LogP contribution in [0.25, 0.3) is 0 Å². The Morgan fingerprint density at radius 1 is 1.19 bits per heavy atom. The molecule has 1 amide bonds. The number of quaternary nitrogens is 1. The first-order chi connectivity index (χ1) is 13.1. The number of nitrogens with one attached hydrogen (secondary N) is 2. The van der Waals surface area contributed by atoms with Crippen LogP contribution in [0.4, 0.5) is 10.1 Å². The van der Waals surface area contributed by atoms with Gasteiger partial charge in [0.25, 0.3) is 5.91 Å². The van der Waals surface area contributed by atoms with Crippen molar-refractivity contribution < 1.29 is 23.6 Å². The summed E-state index contributed by atoms with van der Waals surface area (Å²) in [4.78, 5) is 13.6. The molecular weight excluding hydrogens is 371 g/mol. The second kappa shape index (κ2) is 7.74. The van der Waals surface area contributed by atoms with Crippen LogP contribution >= 0.6 is 11.6 Å². The zero-order chi connectivity index (χ0) is 18.8. The maximum absolute atomic E-state index is 13.8. The third kappa shape index (κ3) is 4.01. The van der Waals surface area contributed by atoms with E-state index in [2.05, 4.69) is 5.32 Å². The van der Waals surface area contributed by atoms with Gasteiger partial charge >= 0.3 is 0 Å². The van der Waals surface area contributed by atoms with Gasteiger partial charge in [-0.05, 0) is 36.4 Å². The molecule has 0 aliphatic carbocycles. The molecule has 142 valence electrons. The molecule has 0 saturated carbocycles. The highest BCUT2D eigenvalue weighted by Crippen LogP contribution is 2.33. The van der Waals surface area contributed by atoms with Crippen molar-refractivity contribution in [1.82, 2.24) is 0 Å². The highest BCUT2D eigenvalue weighted by atomic mass is 35.5. The summed E-state index contributed by atoms with van der Waals surface area (Å²) in [5, 5.41) is 3.02. The number of anilines is 1. The number of rotatable bonds is 4. The van der Waals surface area contributed by atoms with Crippen molar-refractivity contribution in [3.8, 4) is 11.5 Å². The van der Waals surface area contributed by atoms with Crippen LogP contribution < -0.4 is 19.7 Å². The van der Waals surface area contributed by atoms with Gasteiger partial charge in [-0.2, -0.15) is 0 Å². The van der Waals surface area contributed by atoms with E-state index in [1.165, 1.54) is 18.2 Å². The Morgan fingerprint density at radius 2 is 2.00 bits per heavy atom. The predicted molar refractivity (Wildman–Crippen MR) is 100 cm³/mol. The average molecular weight is 392 g/mol. The molecule has 27 heavy (non-hydrogen) atoms. The van der Waals surface area contributed by atoms with Gasteiger partial charge in [-0.1, -0.05) is 11.6 Å². The van der Waals surface area contributed by atoms with Crippen molar-refractivity contribution in [1.29, 1.82) is 0 Å². The predicted octanol–water partition coefficient (Wildman–Crippen LogP) is 2.61. The summed E-state index contributed by atoms with van der Waals surface area (Å²) in [5.41, 5.74) is 1.25. The van der Waals surface area contributed by atoms with Crippen LogP contribution in [0.15, 0.2) is 36.4 Å². The lowest BCUT2D eigenvalue weighted by molar-refractivity contribution is -0.910. The summed E-state index contributed by atoms with van der Waals surface area (Å²) in [5.74, 6) is 0.803. The summed E-state index contributed by atoms with van der Waals surface area (Å²) in [6, 6.07) is 10.3. The number of carbonyl (C=O) groups excluding carboxylic acids is 1. The van der Waals surface area contributed by atoms with Gasteiger partial charge in [0.15, 0.2) is 18.0 Å². The minimum Gasteiger partial charge on any atom is -0.486 e. The molecule has 1 unspecified atom stereocenters. The Morgan fingerprint density at radius 3 is 2.85 bits per heavy atom. The minimum absolute atomic E-state index is 0.113. The van der Waals surface area contributed by atoms with Crippen molar-refractivity contribution in [3.05, 3.63) is 52.8 Å². The minimum atomic E-state index is -0.493. The van der Waals surface area contributed by atoms with E-state index < -0.39 is 5.82 Å². The Bertz CT molecular complexity index is 861. The number of halogens is 2. The lowest BCUT2D eigenvalue weighted by Crippen LogP contribution is -3.11. The van der Waals surface area contributed by atoms with E-state index in [9.17, 15) is 9.18 Å². The highest BCUT2D eigenvalue weighted by Gasteiger charge is 2.32. The van der Waals surface area contributed by atoms with Gasteiger partial charge in [0, 0.05) is 23.4 Å². The molecule has 2 heterocycles. The van der Waals surface area contributed by atoms with Crippen molar-refractivity contribution in [3.63, 3.8) is 0 Å². The van der Waals surface area contributed by atoms with Gasteiger partial charge in [0.2, 0.25) is 0 Å². The molecule has 0 aromatic heterocycles. The standard InChI is InChI=1S/C20H20ClFN2O3/c21-14-4-5-15(22)16(11-14)23-20(25)12-24-7-1-2-17(24)13-3-6-18-19(10-13)27-9-8-26-18/h3-6,10-11,17H,1-2,7-9,12H2,(H,23,25)/p+1/t17-/m1/s1. The van der Waals surface area contributed by atoms with Crippen LogP contribution in [0.3, 0.4) is 0 Å². The van der Waals surface area contributed by atoms with Gasteiger partial charge in [-0.25, -0.2) is 4.39 Å². The molecule has 7 heteroatoms. The number of hydrogen-bond donors (Lipinski definition) is 2. The molecule has 2 atom stereocenters. The molecule has 2 N–H and O–H groups in total. The van der Waals surface area contributed by atoms with E-state index in [4.69, 9.17) is 21.1 Å². The summed E-state index contributed by atoms with van der Waals surface area (Å²) >= 11 is 5.89. The molecule has 5 nitrogen and oxygen atoms in total. The lowest BCUT2D eigenvalue weighted by Gasteiger charge is -2.24. The third-order valence-corrected chi connectivity index (χ3v) is 5.28. The Balaban J connectivity index is 1.45. The van der Waals surface area contributed by atoms with Crippen LogP contribution in [0, 0.1) is 5.82 Å². The number of carbonyl (C=O) groups is 1. The second-order valence-electron chi connectivity index (χ2n) is 6.86. The van der Waals surface area contributed by atoms with Crippen LogP contribution in [-0.2, 0) is 4.79 Å². The van der Waals surface area contributed by atoms with Gasteiger partial charge in [0.05, 0.1) is 12.2 Å². The van der Waals surface area contributed by atoms with Gasteiger partial charge < -0.3 is 19.7 Å². The van der Waals surface area contributed by atoms with Crippen LogP contribution in [0.2, 0.25) is 5.02 Å². The number of amides is 1. The largest absolute Gasteiger partial charge is 0.486 e. The maximum Gasteiger partial charge on any atom is 0.279 e. The molecule has 1 fully saturated rings. The molecule has 2 aromatic rings. The van der Waals surface area contributed by atoms with Crippen LogP contribution in [0.1, 0.15) is 24.4 Å². The smallest absolute Gasteiger partial charge is 0.279 e. The molecule has 4 rings (SSSR count). The molecule has 0 bridgehead atoms. The fourth-order valence-electron chi connectivity index (χ4n) is 3.80. The first-order valence-corrected chi connectivity index (χ1v) is 9.47. The van der Waals surface area contributed by atoms with E-state index in [1.807, 2.05) is 18.2 Å². The quantitative estimate of drug-likeness (QED) is 0.842. The Labute approximate surface area is 162 Å². The maximum atomic E-state index is 13.8. The fraction of sp³-hybridized carbons (Fsp3) is 0.350. The molecule has 0 spiro atoms. The van der Waals surface area contributed by atoms with Crippen molar-refractivity contribution in [2.75, 3.05) is 31.6 Å². The molecular formula is C20H21ClFN2O3+. The first kappa shape index (κ1) is 18.1. The molecule has 2 aromatic carbocycles. The van der Waals surface area contributed by atoms with Gasteiger partial charge in [-0.3, -0.25) is 4.79 Å². The number of hydrogen-bond acceptors (Lipinski definition) is 3. The molecule has 2 aliphatic rings. The van der Waals surface area contributed by atoms with Crippen molar-refractivity contribution >= 4 is 23.2 Å². The molecule has 2 aliphatic heterocycles. The third-order valence-electron chi connectivity index (χ3n) is 5.04. The number of benzene rings is 2. The lowest BCUT2D eigenvalue weighted by atomic mass is 10.0. The number of fused-ring (bicyclic) bond motifs is 1. The normalized spacial score (nSPS) is 21.1. The van der Waals surface area contributed by atoms with E-state index in [0.29, 0.717) is 18.2 Å².